The van der Waals surface area contributed by atoms with Crippen molar-refractivity contribution in [3.05, 3.63) is 17.5 Å². The number of hydrogen-bond acceptors (Lipinski definition) is 5. The molecule has 0 saturated carbocycles. The third-order valence-electron chi connectivity index (χ3n) is 2.16. The molecule has 0 unspecified atom stereocenters. The van der Waals surface area contributed by atoms with Gasteiger partial charge in [-0.2, -0.15) is 0 Å². The van der Waals surface area contributed by atoms with Crippen molar-refractivity contribution in [1.82, 2.24) is 9.46 Å². The first-order chi connectivity index (χ1) is 7.45. The summed E-state index contributed by atoms with van der Waals surface area (Å²) in [5.74, 6) is 0.473. The smallest absolute Gasteiger partial charge is 0.219 e. The SMILES string of the molecule is Cc1cc(CS(=O)(=O)N(C)CCCN)no1. The van der Waals surface area contributed by atoms with Crippen LogP contribution in [0.3, 0.4) is 0 Å². The lowest BCUT2D eigenvalue weighted by atomic mass is 10.4. The quantitative estimate of drug-likeness (QED) is 0.769. The lowest BCUT2D eigenvalue weighted by Crippen LogP contribution is -2.30. The molecule has 0 fully saturated rings. The highest BCUT2D eigenvalue weighted by Crippen LogP contribution is 2.09. The zero-order chi connectivity index (χ0) is 12.2. The fraction of sp³-hybridized carbons (Fsp3) is 0.667. The monoisotopic (exact) mass is 247 g/mol. The number of nitrogens with zero attached hydrogens (tertiary/aromatic N) is 2. The summed E-state index contributed by atoms with van der Waals surface area (Å²) >= 11 is 0. The van der Waals surface area contributed by atoms with Crippen molar-refractivity contribution >= 4 is 10.0 Å². The molecule has 0 radical (unpaired) electrons. The topological polar surface area (TPSA) is 89.4 Å². The van der Waals surface area contributed by atoms with Gasteiger partial charge in [0.05, 0.1) is 0 Å². The molecule has 7 heteroatoms. The van der Waals surface area contributed by atoms with Crippen molar-refractivity contribution in [3.63, 3.8) is 0 Å². The maximum absolute atomic E-state index is 11.8. The third-order valence-corrected chi connectivity index (χ3v) is 3.95. The minimum Gasteiger partial charge on any atom is -0.361 e. The van der Waals surface area contributed by atoms with Gasteiger partial charge in [-0.05, 0) is 19.9 Å². The molecule has 0 aliphatic heterocycles. The van der Waals surface area contributed by atoms with Crippen LogP contribution in [0.2, 0.25) is 0 Å². The summed E-state index contributed by atoms with van der Waals surface area (Å²) in [4.78, 5) is 0. The van der Waals surface area contributed by atoms with Crippen LogP contribution < -0.4 is 5.73 Å². The Morgan fingerprint density at radius 3 is 2.75 bits per heavy atom. The van der Waals surface area contributed by atoms with Crippen molar-refractivity contribution < 1.29 is 12.9 Å². The van der Waals surface area contributed by atoms with Gasteiger partial charge in [-0.25, -0.2) is 12.7 Å². The molecule has 0 aliphatic rings. The Kier molecular flexibility index (Phi) is 4.45. The molecule has 2 N–H and O–H groups in total. The highest BCUT2D eigenvalue weighted by atomic mass is 32.2. The van der Waals surface area contributed by atoms with E-state index in [-0.39, 0.29) is 5.75 Å². The molecule has 0 aliphatic carbocycles. The van der Waals surface area contributed by atoms with Crippen molar-refractivity contribution in [1.29, 1.82) is 0 Å². The maximum Gasteiger partial charge on any atom is 0.219 e. The number of aromatic nitrogens is 1. The predicted molar refractivity (Wildman–Crippen MR) is 60.2 cm³/mol. The lowest BCUT2D eigenvalue weighted by Gasteiger charge is -2.15. The van der Waals surface area contributed by atoms with Crippen LogP contribution in [0.4, 0.5) is 0 Å². The van der Waals surface area contributed by atoms with Gasteiger partial charge < -0.3 is 10.3 Å². The molecule has 92 valence electrons. The van der Waals surface area contributed by atoms with Gasteiger partial charge in [0.15, 0.2) is 0 Å². The van der Waals surface area contributed by atoms with E-state index in [1.807, 2.05) is 0 Å². The van der Waals surface area contributed by atoms with Gasteiger partial charge in [-0.1, -0.05) is 5.16 Å². The molecule has 6 nitrogen and oxygen atoms in total. The summed E-state index contributed by atoms with van der Waals surface area (Å²) in [5, 5.41) is 3.66. The number of rotatable bonds is 6. The van der Waals surface area contributed by atoms with Crippen molar-refractivity contribution in [2.24, 2.45) is 5.73 Å². The van der Waals surface area contributed by atoms with E-state index in [1.165, 1.54) is 11.4 Å². The summed E-state index contributed by atoms with van der Waals surface area (Å²) in [7, 11) is -1.78. The fourth-order valence-electron chi connectivity index (χ4n) is 1.24. The van der Waals surface area contributed by atoms with E-state index in [4.69, 9.17) is 10.3 Å². The molecule has 0 saturated heterocycles. The number of sulfonamides is 1. The summed E-state index contributed by atoms with van der Waals surface area (Å²) in [6, 6.07) is 1.62. The van der Waals surface area contributed by atoms with Gasteiger partial charge in [0.1, 0.15) is 17.2 Å². The van der Waals surface area contributed by atoms with Crippen LogP contribution >= 0.6 is 0 Å². The van der Waals surface area contributed by atoms with Gasteiger partial charge >= 0.3 is 0 Å². The molecular formula is C9H17N3O3S. The molecule has 0 atom stereocenters. The van der Waals surface area contributed by atoms with Crippen LogP contribution in [0.1, 0.15) is 17.9 Å². The number of nitrogens with two attached hydrogens (primary N) is 1. The van der Waals surface area contributed by atoms with Crippen LogP contribution in [0.15, 0.2) is 10.6 Å². The lowest BCUT2D eigenvalue weighted by molar-refractivity contribution is 0.391. The van der Waals surface area contributed by atoms with E-state index in [1.54, 1.807) is 13.0 Å². The van der Waals surface area contributed by atoms with Crippen LogP contribution in [-0.4, -0.2) is 38.0 Å². The summed E-state index contributed by atoms with van der Waals surface area (Å²) < 4.78 is 29.8. The minimum absolute atomic E-state index is 0.134. The van der Waals surface area contributed by atoms with Crippen LogP contribution in [-0.2, 0) is 15.8 Å². The van der Waals surface area contributed by atoms with Crippen molar-refractivity contribution in [3.8, 4) is 0 Å². The van der Waals surface area contributed by atoms with Crippen LogP contribution in [0.25, 0.3) is 0 Å². The van der Waals surface area contributed by atoms with Gasteiger partial charge in [-0.15, -0.1) is 0 Å². The Morgan fingerprint density at radius 2 is 2.25 bits per heavy atom. The second-order valence-electron chi connectivity index (χ2n) is 3.65. The Hall–Kier alpha value is -0.920. The molecule has 1 rings (SSSR count). The largest absolute Gasteiger partial charge is 0.361 e. The second kappa shape index (κ2) is 5.42. The molecule has 1 aromatic rings. The third kappa shape index (κ3) is 3.58. The van der Waals surface area contributed by atoms with Crippen LogP contribution in [0.5, 0.6) is 0 Å². The number of hydrogen-bond donors (Lipinski definition) is 1. The van der Waals surface area contributed by atoms with Gasteiger partial charge in [0.25, 0.3) is 0 Å². The Morgan fingerprint density at radius 1 is 1.56 bits per heavy atom. The first-order valence-electron chi connectivity index (χ1n) is 5.02. The molecule has 0 spiro atoms. The normalized spacial score (nSPS) is 12.2. The number of aryl methyl sites for hydroxylation is 1. The first kappa shape index (κ1) is 13.1. The molecule has 1 aromatic heterocycles. The summed E-state index contributed by atoms with van der Waals surface area (Å²) in [5.41, 5.74) is 5.76. The van der Waals surface area contributed by atoms with E-state index in [0.29, 0.717) is 31.0 Å². The minimum atomic E-state index is -3.32. The zero-order valence-electron chi connectivity index (χ0n) is 9.51. The summed E-state index contributed by atoms with van der Waals surface area (Å²) in [6.07, 6.45) is 0.646. The maximum atomic E-state index is 11.8. The zero-order valence-corrected chi connectivity index (χ0v) is 10.3. The Balaban J connectivity index is 2.64. The Bertz CT molecular complexity index is 427. The molecular weight excluding hydrogens is 230 g/mol. The van der Waals surface area contributed by atoms with E-state index >= 15 is 0 Å². The highest BCUT2D eigenvalue weighted by Gasteiger charge is 2.19. The second-order valence-corrected chi connectivity index (χ2v) is 5.72. The molecule has 0 aromatic carbocycles. The first-order valence-corrected chi connectivity index (χ1v) is 6.63. The highest BCUT2D eigenvalue weighted by molar-refractivity contribution is 7.88. The Labute approximate surface area is 95.4 Å². The van der Waals surface area contributed by atoms with Crippen molar-refractivity contribution in [2.75, 3.05) is 20.1 Å². The average molecular weight is 247 g/mol. The molecule has 1 heterocycles. The van der Waals surface area contributed by atoms with E-state index < -0.39 is 10.0 Å². The standard InChI is InChI=1S/C9H17N3O3S/c1-8-6-9(11-15-8)7-16(13,14)12(2)5-3-4-10/h6H,3-5,7,10H2,1-2H3. The van der Waals surface area contributed by atoms with Crippen molar-refractivity contribution in [2.45, 2.75) is 19.1 Å². The van der Waals surface area contributed by atoms with Gasteiger partial charge in [-0.3, -0.25) is 0 Å². The fourth-order valence-corrected chi connectivity index (χ4v) is 2.37. The molecule has 0 bridgehead atoms. The molecule has 0 amide bonds. The summed E-state index contributed by atoms with van der Waals surface area (Å²) in [6.45, 7) is 2.62. The van der Waals surface area contributed by atoms with E-state index in [0.717, 1.165) is 0 Å². The van der Waals surface area contributed by atoms with Gasteiger partial charge in [0, 0.05) is 19.7 Å². The van der Waals surface area contributed by atoms with E-state index in [9.17, 15) is 8.42 Å². The van der Waals surface area contributed by atoms with Crippen LogP contribution in [0, 0.1) is 6.92 Å². The average Bonchev–Trinajstić information content (AvgIpc) is 2.59. The predicted octanol–water partition coefficient (Wildman–Crippen LogP) is 0.0934. The van der Waals surface area contributed by atoms with Gasteiger partial charge in [0.2, 0.25) is 10.0 Å². The molecule has 16 heavy (non-hydrogen) atoms. The van der Waals surface area contributed by atoms with E-state index in [2.05, 4.69) is 5.16 Å².